The average Bonchev–Trinajstić information content (AvgIpc) is 2.96. The van der Waals surface area contributed by atoms with E-state index in [2.05, 4.69) is 34.3 Å². The van der Waals surface area contributed by atoms with E-state index in [0.29, 0.717) is 43.1 Å². The van der Waals surface area contributed by atoms with Crippen LogP contribution in [0.25, 0.3) is 0 Å². The molecular weight excluding hydrogens is 508 g/mol. The van der Waals surface area contributed by atoms with E-state index < -0.39 is 5.60 Å². The average molecular weight is 549 g/mol. The molecule has 3 aromatic rings. The van der Waals surface area contributed by atoms with Crippen molar-refractivity contribution in [2.24, 2.45) is 0 Å². The molecule has 0 aliphatic carbocycles. The number of aryl methyl sites for hydroxylation is 1. The number of likely N-dealkylation sites (tertiary alicyclic amines) is 1. The van der Waals surface area contributed by atoms with Crippen molar-refractivity contribution in [1.29, 1.82) is 0 Å². The van der Waals surface area contributed by atoms with Gasteiger partial charge < -0.3 is 29.2 Å². The first kappa shape index (κ1) is 29.0. The van der Waals surface area contributed by atoms with Crippen LogP contribution in [0.15, 0.2) is 48.8 Å². The second kappa shape index (κ2) is 12.9. The lowest BCUT2D eigenvalue weighted by Crippen LogP contribution is -2.41. The van der Waals surface area contributed by atoms with Gasteiger partial charge in [0.1, 0.15) is 23.7 Å². The number of hydrogen-bond donors (Lipinski definition) is 1. The number of benzene rings is 2. The minimum absolute atomic E-state index is 0.245. The van der Waals surface area contributed by atoms with Gasteiger partial charge in [0.05, 0.1) is 32.3 Å². The summed E-state index contributed by atoms with van der Waals surface area (Å²) in [6.07, 6.45) is 5.71. The van der Waals surface area contributed by atoms with Gasteiger partial charge in [0.15, 0.2) is 5.75 Å². The van der Waals surface area contributed by atoms with Crippen LogP contribution in [0, 0.1) is 0 Å². The van der Waals surface area contributed by atoms with Gasteiger partial charge in [0, 0.05) is 13.1 Å². The minimum atomic E-state index is -0.489. The van der Waals surface area contributed by atoms with Crippen LogP contribution < -0.4 is 19.5 Å². The van der Waals surface area contributed by atoms with E-state index in [1.807, 2.05) is 45.0 Å². The molecule has 1 saturated heterocycles. The number of nitrogens with zero attached hydrogens (tertiary/aromatic N) is 3. The first-order valence-corrected chi connectivity index (χ1v) is 13.7. The van der Waals surface area contributed by atoms with Crippen molar-refractivity contribution >= 4 is 17.7 Å². The summed E-state index contributed by atoms with van der Waals surface area (Å²) in [6.45, 7) is 9.52. The Morgan fingerprint density at radius 3 is 2.33 bits per heavy atom. The van der Waals surface area contributed by atoms with Crippen LogP contribution in [0.4, 0.5) is 16.4 Å². The fourth-order valence-corrected chi connectivity index (χ4v) is 4.73. The number of anilines is 2. The molecule has 4 rings (SSSR count). The molecule has 2 aromatic carbocycles. The summed E-state index contributed by atoms with van der Waals surface area (Å²) in [7, 11) is 3.31. The molecular formula is C31H40N4O5. The summed E-state index contributed by atoms with van der Waals surface area (Å²) in [5.41, 5.74) is 3.75. The van der Waals surface area contributed by atoms with Crippen LogP contribution in [-0.2, 0) is 17.8 Å². The van der Waals surface area contributed by atoms with E-state index in [1.54, 1.807) is 31.5 Å². The maximum Gasteiger partial charge on any atom is 0.410 e. The summed E-state index contributed by atoms with van der Waals surface area (Å²) < 4.78 is 22.5. The fourth-order valence-electron chi connectivity index (χ4n) is 4.73. The molecule has 9 heteroatoms. The lowest BCUT2D eigenvalue weighted by atomic mass is 9.89. The van der Waals surface area contributed by atoms with E-state index in [4.69, 9.17) is 18.9 Å². The number of amides is 1. The summed E-state index contributed by atoms with van der Waals surface area (Å²) in [5.74, 6) is 2.88. The predicted octanol–water partition coefficient (Wildman–Crippen LogP) is 6.49. The molecule has 0 spiro atoms. The Balaban J connectivity index is 1.35. The first-order valence-electron chi connectivity index (χ1n) is 13.7. The number of carbonyl (C=O) groups excluding carboxylic acids is 1. The van der Waals surface area contributed by atoms with Gasteiger partial charge in [-0.1, -0.05) is 19.1 Å². The topological polar surface area (TPSA) is 95.0 Å². The zero-order valence-electron chi connectivity index (χ0n) is 24.3. The van der Waals surface area contributed by atoms with Crippen molar-refractivity contribution < 1.29 is 23.7 Å². The first-order chi connectivity index (χ1) is 19.2. The molecule has 0 bridgehead atoms. The monoisotopic (exact) mass is 548 g/mol. The molecule has 1 aliphatic rings. The Morgan fingerprint density at radius 1 is 0.975 bits per heavy atom. The zero-order chi connectivity index (χ0) is 28.7. The number of rotatable bonds is 9. The van der Waals surface area contributed by atoms with Gasteiger partial charge in [0.2, 0.25) is 5.95 Å². The van der Waals surface area contributed by atoms with Crippen LogP contribution in [0.3, 0.4) is 0 Å². The van der Waals surface area contributed by atoms with E-state index in [-0.39, 0.29) is 6.09 Å². The van der Waals surface area contributed by atoms with Crippen molar-refractivity contribution in [3.05, 3.63) is 65.5 Å². The number of nitrogens with one attached hydrogen (secondary N) is 1. The molecule has 0 atom stereocenters. The van der Waals surface area contributed by atoms with Gasteiger partial charge >= 0.3 is 6.09 Å². The maximum absolute atomic E-state index is 12.4. The highest BCUT2D eigenvalue weighted by Crippen LogP contribution is 2.35. The van der Waals surface area contributed by atoms with Crippen LogP contribution in [0.2, 0.25) is 0 Å². The summed E-state index contributed by atoms with van der Waals surface area (Å²) in [6, 6.07) is 12.1. The highest BCUT2D eigenvalue weighted by atomic mass is 16.6. The number of carbonyl (C=O) groups is 1. The molecule has 0 saturated carbocycles. The quantitative estimate of drug-likeness (QED) is 0.324. The maximum atomic E-state index is 12.4. The van der Waals surface area contributed by atoms with Gasteiger partial charge in [-0.3, -0.25) is 0 Å². The van der Waals surface area contributed by atoms with Crippen LogP contribution in [0.1, 0.15) is 63.1 Å². The summed E-state index contributed by atoms with van der Waals surface area (Å²) in [4.78, 5) is 23.0. The standard InChI is InChI=1S/C31H40N4O5/c1-7-21-8-10-25(37-5)16-24(21)20-39-26-18-32-29(33-19-26)34-27-11-9-23(17-28(27)38-6)22-12-14-35(15-13-22)30(36)40-31(2,3)4/h8-11,16-19,22H,7,12-15,20H2,1-6H3,(H,32,33,34). The Labute approximate surface area is 236 Å². The lowest BCUT2D eigenvalue weighted by Gasteiger charge is -2.33. The van der Waals surface area contributed by atoms with Crippen LogP contribution in [0.5, 0.6) is 17.2 Å². The molecule has 2 heterocycles. The Hall–Kier alpha value is -4.01. The molecule has 40 heavy (non-hydrogen) atoms. The Kier molecular flexibility index (Phi) is 9.34. The molecule has 1 aromatic heterocycles. The smallest absolute Gasteiger partial charge is 0.410 e. The molecule has 1 aliphatic heterocycles. The molecule has 1 amide bonds. The minimum Gasteiger partial charge on any atom is -0.497 e. The number of ether oxygens (including phenoxy) is 4. The third-order valence-corrected chi connectivity index (χ3v) is 6.91. The van der Waals surface area contributed by atoms with Gasteiger partial charge in [-0.15, -0.1) is 0 Å². The van der Waals surface area contributed by atoms with Crippen molar-refractivity contribution in [3.63, 3.8) is 0 Å². The van der Waals surface area contributed by atoms with Gasteiger partial charge in [-0.2, -0.15) is 0 Å². The van der Waals surface area contributed by atoms with Crippen molar-refractivity contribution in [2.45, 2.75) is 65.1 Å². The normalized spacial score (nSPS) is 14.0. The number of hydrogen-bond acceptors (Lipinski definition) is 8. The third-order valence-electron chi connectivity index (χ3n) is 6.91. The highest BCUT2D eigenvalue weighted by molar-refractivity contribution is 5.68. The van der Waals surface area contributed by atoms with Crippen LogP contribution in [-0.4, -0.2) is 53.9 Å². The van der Waals surface area contributed by atoms with Gasteiger partial charge in [-0.05, 0) is 86.9 Å². The second-order valence-corrected chi connectivity index (χ2v) is 10.8. The lowest BCUT2D eigenvalue weighted by molar-refractivity contribution is 0.0205. The molecule has 1 N–H and O–H groups in total. The van der Waals surface area contributed by atoms with Gasteiger partial charge in [0.25, 0.3) is 0 Å². The molecule has 1 fully saturated rings. The molecule has 214 valence electrons. The highest BCUT2D eigenvalue weighted by Gasteiger charge is 2.28. The summed E-state index contributed by atoms with van der Waals surface area (Å²) >= 11 is 0. The molecule has 0 unspecified atom stereocenters. The van der Waals surface area contributed by atoms with E-state index in [9.17, 15) is 4.79 Å². The molecule has 0 radical (unpaired) electrons. The summed E-state index contributed by atoms with van der Waals surface area (Å²) in [5, 5.41) is 3.24. The molecule has 9 nitrogen and oxygen atoms in total. The predicted molar refractivity (Wildman–Crippen MR) is 155 cm³/mol. The fraction of sp³-hybridized carbons (Fsp3) is 0.452. The largest absolute Gasteiger partial charge is 0.497 e. The second-order valence-electron chi connectivity index (χ2n) is 10.8. The Bertz CT molecular complexity index is 1280. The third kappa shape index (κ3) is 7.55. The van der Waals surface area contributed by atoms with Crippen molar-refractivity contribution in [1.82, 2.24) is 14.9 Å². The van der Waals surface area contributed by atoms with E-state index >= 15 is 0 Å². The number of piperidine rings is 1. The number of methoxy groups -OCH3 is 2. The van der Waals surface area contributed by atoms with Crippen molar-refractivity contribution in [3.8, 4) is 17.2 Å². The van der Waals surface area contributed by atoms with E-state index in [0.717, 1.165) is 36.3 Å². The Morgan fingerprint density at radius 2 is 1.70 bits per heavy atom. The zero-order valence-corrected chi connectivity index (χ0v) is 24.3. The van der Waals surface area contributed by atoms with E-state index in [1.165, 1.54) is 11.1 Å². The van der Waals surface area contributed by atoms with Gasteiger partial charge in [-0.25, -0.2) is 14.8 Å². The van der Waals surface area contributed by atoms with Crippen molar-refractivity contribution in [2.75, 3.05) is 32.6 Å². The van der Waals surface area contributed by atoms with Crippen LogP contribution >= 0.6 is 0 Å². The number of aromatic nitrogens is 2. The SMILES string of the molecule is CCc1ccc(OC)cc1COc1cnc(Nc2ccc(C3CCN(C(=O)OC(C)(C)C)CC3)cc2OC)nc1.